The van der Waals surface area contributed by atoms with Gasteiger partial charge in [-0.1, -0.05) is 40.5 Å². The lowest BCUT2D eigenvalue weighted by Crippen LogP contribution is -2.58. The summed E-state index contributed by atoms with van der Waals surface area (Å²) in [5.74, 6) is -9.64. The summed E-state index contributed by atoms with van der Waals surface area (Å²) in [6.07, 6.45) is -2.17. The molecule has 4 aliphatic heterocycles. The van der Waals surface area contributed by atoms with Gasteiger partial charge in [-0.05, 0) is 81.5 Å². The minimum atomic E-state index is -2.74. The highest BCUT2D eigenvalue weighted by molar-refractivity contribution is 6.13. The maximum absolute atomic E-state index is 16.5. The quantitative estimate of drug-likeness (QED) is 0.0132. The van der Waals surface area contributed by atoms with E-state index in [4.69, 9.17) is 24.9 Å². The van der Waals surface area contributed by atoms with Gasteiger partial charge in [-0.25, -0.2) is 18.6 Å². The molecular weight excluding hydrogens is 1250 g/mol. The highest BCUT2D eigenvalue weighted by atomic mass is 19.1. The maximum Gasteiger partial charge on any atom is 0.343 e. The Morgan fingerprint density at radius 1 is 0.884 bits per heavy atom. The Hall–Kier alpha value is -8.65. The van der Waals surface area contributed by atoms with E-state index in [1.165, 1.54) is 28.5 Å². The van der Waals surface area contributed by atoms with Crippen molar-refractivity contribution >= 4 is 75.9 Å². The predicted molar refractivity (Wildman–Crippen MR) is 331 cm³/mol. The molecule has 6 heterocycles. The number of halogens is 2. The lowest BCUT2D eigenvalue weighted by molar-refractivity contribution is -0.172. The van der Waals surface area contributed by atoms with E-state index < -0.39 is 162 Å². The van der Waals surface area contributed by atoms with Gasteiger partial charge in [0, 0.05) is 80.2 Å². The topological polar surface area (TPSA) is 416 Å². The van der Waals surface area contributed by atoms with Crippen LogP contribution in [0.3, 0.4) is 0 Å². The molecule has 516 valence electrons. The Bertz CT molecular complexity index is 3640. The number of carbonyl (C=O) groups is 11. The van der Waals surface area contributed by atoms with E-state index in [1.54, 1.807) is 27.7 Å². The highest BCUT2D eigenvalue weighted by Gasteiger charge is 2.47. The number of aliphatic hydroxyl groups is 3. The number of rotatable bonds is 31. The van der Waals surface area contributed by atoms with Crippen molar-refractivity contribution in [1.29, 1.82) is 0 Å². The molecule has 1 saturated heterocycles. The lowest BCUT2D eigenvalue weighted by Gasteiger charge is -2.31. The number of nitrogens with zero attached hydrogens (tertiary/aromatic N) is 4. The molecule has 11 N–H and O–H groups in total. The molecule has 0 saturated carbocycles. The number of fused-ring (bicyclic) bond motifs is 5. The monoisotopic (exact) mass is 1330 g/mol. The van der Waals surface area contributed by atoms with Crippen molar-refractivity contribution in [2.24, 2.45) is 11.7 Å². The van der Waals surface area contributed by atoms with Crippen molar-refractivity contribution in [2.75, 3.05) is 39.5 Å². The van der Waals surface area contributed by atoms with Crippen LogP contribution in [-0.2, 0) is 92.1 Å². The number of imide groups is 1. The molecule has 95 heavy (non-hydrogen) atoms. The molecule has 10 atom stereocenters. The summed E-state index contributed by atoms with van der Waals surface area (Å²) in [5, 5.41) is 48.2. The fourth-order valence-corrected chi connectivity index (χ4v) is 12.4. The third-order valence-electron chi connectivity index (χ3n) is 18.0. The number of hydrogen-bond donors (Lipinski definition) is 10. The van der Waals surface area contributed by atoms with Crippen LogP contribution in [0.1, 0.15) is 145 Å². The van der Waals surface area contributed by atoms with Crippen LogP contribution < -0.4 is 43.2 Å². The Labute approximate surface area is 544 Å². The summed E-state index contributed by atoms with van der Waals surface area (Å²) in [6.45, 7) is 7.76. The fraction of sp³-hybridized carbons (Fsp3) is 0.578. The molecule has 29 nitrogen and oxygen atoms in total. The van der Waals surface area contributed by atoms with Crippen molar-refractivity contribution in [3.63, 3.8) is 0 Å². The number of esters is 1. The van der Waals surface area contributed by atoms with Crippen LogP contribution in [-0.4, -0.2) is 187 Å². The van der Waals surface area contributed by atoms with Crippen LogP contribution >= 0.6 is 0 Å². The molecule has 10 amide bonds. The normalized spacial score (nSPS) is 21.6. The second-order valence-corrected chi connectivity index (χ2v) is 25.1. The van der Waals surface area contributed by atoms with Gasteiger partial charge in [0.25, 0.3) is 23.3 Å². The largest absolute Gasteiger partial charge is 0.458 e. The lowest BCUT2D eigenvalue weighted by atomic mass is 9.81. The first kappa shape index (κ1) is 72.2. The number of alkyl halides is 1. The molecule has 5 aliphatic rings. The van der Waals surface area contributed by atoms with E-state index in [2.05, 4.69) is 31.9 Å². The predicted octanol–water partition coefficient (Wildman–Crippen LogP) is -0.436. The van der Waals surface area contributed by atoms with Gasteiger partial charge < -0.3 is 76.6 Å². The molecule has 0 unspecified atom stereocenters. The van der Waals surface area contributed by atoms with E-state index in [9.17, 15) is 72.9 Å². The molecule has 2 aromatic heterocycles. The van der Waals surface area contributed by atoms with Crippen molar-refractivity contribution in [3.8, 4) is 11.4 Å². The van der Waals surface area contributed by atoms with Crippen LogP contribution in [0.2, 0.25) is 0 Å². The van der Waals surface area contributed by atoms with Gasteiger partial charge in [-0.3, -0.25) is 57.6 Å². The molecule has 0 bridgehead atoms. The van der Waals surface area contributed by atoms with Crippen LogP contribution in [0.25, 0.3) is 22.3 Å². The zero-order valence-corrected chi connectivity index (χ0v) is 54.0. The van der Waals surface area contributed by atoms with Gasteiger partial charge in [-0.2, -0.15) is 0 Å². The number of unbranched alkanes of at least 4 members (excludes halogenated alkanes) is 2. The number of ether oxygens (including phenoxy) is 3. The van der Waals surface area contributed by atoms with Gasteiger partial charge >= 0.3 is 5.97 Å². The van der Waals surface area contributed by atoms with Crippen LogP contribution in [0, 0.1) is 18.7 Å². The smallest absolute Gasteiger partial charge is 0.343 e. The van der Waals surface area contributed by atoms with Gasteiger partial charge in [0.15, 0.2) is 5.60 Å². The van der Waals surface area contributed by atoms with E-state index in [0.29, 0.717) is 34.1 Å². The zero-order chi connectivity index (χ0) is 69.5. The van der Waals surface area contributed by atoms with Crippen LogP contribution in [0.4, 0.5) is 8.78 Å². The van der Waals surface area contributed by atoms with E-state index in [1.807, 2.05) is 6.92 Å². The summed E-state index contributed by atoms with van der Waals surface area (Å²) in [6, 6.07) is -2.38. The number of amides is 10. The molecular formula is C64H83F2N11O18. The summed E-state index contributed by atoms with van der Waals surface area (Å²) in [4.78, 5) is 166. The number of nitrogens with one attached hydrogen (secondary N) is 6. The number of primary amides is 1. The van der Waals surface area contributed by atoms with Gasteiger partial charge in [0.1, 0.15) is 55.6 Å². The molecule has 1 fully saturated rings. The number of aryl methyl sites for hydroxylation is 1. The molecule has 1 aliphatic carbocycles. The first-order valence-corrected chi connectivity index (χ1v) is 31.9. The minimum Gasteiger partial charge on any atom is -0.458 e. The summed E-state index contributed by atoms with van der Waals surface area (Å²) in [5.41, 5.74) is 2.58. The number of nitrogens with two attached hydrogens (primary N) is 1. The molecule has 31 heteroatoms. The Kier molecular flexibility index (Phi) is 23.1. The number of benzene rings is 1. The second kappa shape index (κ2) is 30.4. The fourth-order valence-electron chi connectivity index (χ4n) is 12.4. The average Bonchev–Trinajstić information content (AvgIpc) is 1.62. The molecule has 3 aromatic rings. The van der Waals surface area contributed by atoms with Crippen molar-refractivity contribution < 1.29 is 91.1 Å². The maximum atomic E-state index is 16.5. The van der Waals surface area contributed by atoms with Crippen LogP contribution in [0.15, 0.2) is 29.1 Å². The number of pyridine rings is 2. The number of cyclic esters (lactones) is 1. The van der Waals surface area contributed by atoms with Crippen LogP contribution in [0.5, 0.6) is 0 Å². The third-order valence-corrected chi connectivity index (χ3v) is 18.0. The molecule has 1 aromatic carbocycles. The van der Waals surface area contributed by atoms with Gasteiger partial charge in [0.2, 0.25) is 47.0 Å². The van der Waals surface area contributed by atoms with Gasteiger partial charge in [-0.15, -0.1) is 0 Å². The van der Waals surface area contributed by atoms with Crippen molar-refractivity contribution in [3.05, 3.63) is 73.8 Å². The Morgan fingerprint density at radius 2 is 1.59 bits per heavy atom. The van der Waals surface area contributed by atoms with Gasteiger partial charge in [0.05, 0.1) is 54.2 Å². The third kappa shape index (κ3) is 16.0. The number of aromatic nitrogens is 2. The van der Waals surface area contributed by atoms with Crippen molar-refractivity contribution in [1.82, 2.24) is 51.3 Å². The SMILES string of the molecule is CCCCCC(=O)N(CCC(=O)N[C@@H](CCC(=O)NC[C@H]1O[C@@H](CC(N)=O)[C@H](O)[C@@H]1O)C(=O)N[C@H](C(=O)N[C@@H](C)C(=O)NCOC[C@@](C)(F)C(=O)N[C@H]1CCc2c(C)c(F)cc3nc4c(c1c23)Cn1c-4cc2c(c1=O)COC(=O)[C@]2(O)CC)C(C)C)CCN1C(=O)C=CC1=O. The highest BCUT2D eigenvalue weighted by Crippen LogP contribution is 2.46. The average molecular weight is 1330 g/mol. The first-order valence-electron chi connectivity index (χ1n) is 31.9. The Balaban J connectivity index is 0.883. The molecule has 8 rings (SSSR count). The summed E-state index contributed by atoms with van der Waals surface area (Å²) < 4.78 is 49.6. The van der Waals surface area contributed by atoms with E-state index in [-0.39, 0.29) is 112 Å². The second-order valence-electron chi connectivity index (χ2n) is 25.1. The first-order chi connectivity index (χ1) is 44.9. The number of aliphatic hydroxyl groups excluding tert-OH is 2. The Morgan fingerprint density at radius 3 is 2.26 bits per heavy atom. The summed E-state index contributed by atoms with van der Waals surface area (Å²) in [7, 11) is 0. The van der Waals surface area contributed by atoms with Crippen molar-refractivity contribution in [2.45, 2.75) is 192 Å². The zero-order valence-electron chi connectivity index (χ0n) is 54.0. The van der Waals surface area contributed by atoms with E-state index >= 15 is 8.78 Å². The molecule has 0 radical (unpaired) electrons. The molecule has 0 spiro atoms. The summed E-state index contributed by atoms with van der Waals surface area (Å²) >= 11 is 0. The van der Waals surface area contributed by atoms with E-state index in [0.717, 1.165) is 36.8 Å². The number of hydrogen-bond acceptors (Lipinski definition) is 19. The standard InChI is InChI=1S/C64H83F2N11O18/c1-8-10-11-12-48(81)75(21-22-76-49(82)17-18-50(76)83)20-19-47(80)71-40(15-16-46(79)68-26-44-56(85)55(84)43(95-44)25-45(67)78)58(87)74-53(31(3)4)59(88)70-33(6)57(86)69-30-93-29-63(7,66)61(90)73-39-14-13-34-32(5)38(65)24-41-51(34)52(39)35-27-77-42(54(35)72-41)23-37-36(60(77)89)28-94-62(91)64(37,92)9-2/h17-18,23-24,31,33,39-40,43-44,53,55-56,84-85,92H,8-16,19-22,25-30H2,1-7H3,(H2,67,78)(H,68,79)(H,69,86)(H,70,88)(H,71,80)(H,73,90)(H,74,87)/t33-,39-,40-,43-,44+,53-,55-,56+,63+,64-/m0/s1. The minimum absolute atomic E-state index is 0.0621. The number of carbonyl (C=O) groups excluding carboxylic acids is 11.